The lowest BCUT2D eigenvalue weighted by Gasteiger charge is -2.38. The van der Waals surface area contributed by atoms with E-state index in [0.717, 1.165) is 25.0 Å². The predicted molar refractivity (Wildman–Crippen MR) is 111 cm³/mol. The van der Waals surface area contributed by atoms with Crippen LogP contribution < -0.4 is 0 Å². The minimum absolute atomic E-state index is 0.00399. The molecule has 0 spiro atoms. The van der Waals surface area contributed by atoms with Crippen molar-refractivity contribution in [3.8, 4) is 0 Å². The summed E-state index contributed by atoms with van der Waals surface area (Å²) in [7, 11) is -1.93. The zero-order valence-corrected chi connectivity index (χ0v) is 18.7. The van der Waals surface area contributed by atoms with E-state index in [0.29, 0.717) is 18.7 Å². The Hall–Kier alpha value is -1.93. The van der Waals surface area contributed by atoms with Crippen LogP contribution in [0.2, 0.25) is 18.1 Å². The number of aldehydes is 1. The Morgan fingerprint density at radius 1 is 1.46 bits per heavy atom. The average molecular weight is 408 g/mol. The zero-order chi connectivity index (χ0) is 20.9. The van der Waals surface area contributed by atoms with Crippen molar-refractivity contribution in [3.63, 3.8) is 0 Å². The molecule has 156 valence electrons. The van der Waals surface area contributed by atoms with Crippen LogP contribution in [0.15, 0.2) is 18.9 Å². The van der Waals surface area contributed by atoms with Gasteiger partial charge in [-0.25, -0.2) is 9.78 Å². The van der Waals surface area contributed by atoms with E-state index in [9.17, 15) is 9.59 Å². The summed E-state index contributed by atoms with van der Waals surface area (Å²) < 4.78 is 11.8. The highest BCUT2D eigenvalue weighted by Crippen LogP contribution is 2.39. The summed E-state index contributed by atoms with van der Waals surface area (Å²) in [6, 6.07) is 0.0110. The molecule has 1 aromatic rings. The second-order valence-electron chi connectivity index (χ2n) is 8.85. The summed E-state index contributed by atoms with van der Waals surface area (Å²) in [5.74, 6) is 0.746. The lowest BCUT2D eigenvalue weighted by Crippen LogP contribution is -2.44. The fourth-order valence-electron chi connectivity index (χ4n) is 3.13. The van der Waals surface area contributed by atoms with Crippen LogP contribution >= 0.6 is 0 Å². The van der Waals surface area contributed by atoms with E-state index in [-0.39, 0.29) is 29.9 Å². The number of likely N-dealkylation sites (tertiary alicyclic amines) is 1. The van der Waals surface area contributed by atoms with Crippen molar-refractivity contribution in [2.45, 2.75) is 70.3 Å². The van der Waals surface area contributed by atoms with Crippen molar-refractivity contribution >= 4 is 20.7 Å². The molecule has 0 aromatic carbocycles. The third-order valence-electron chi connectivity index (χ3n) is 5.69. The number of imidazole rings is 1. The molecule has 8 heteroatoms. The van der Waals surface area contributed by atoms with Crippen LogP contribution in [-0.2, 0) is 15.6 Å². The summed E-state index contributed by atoms with van der Waals surface area (Å²) in [6.07, 6.45) is 5.66. The summed E-state index contributed by atoms with van der Waals surface area (Å²) in [5, 5.41) is 0.110. The largest absolute Gasteiger partial charge is 0.445 e. The van der Waals surface area contributed by atoms with Gasteiger partial charge in [0.05, 0.1) is 18.0 Å². The number of aromatic amines is 1. The first-order chi connectivity index (χ1) is 13.1. The van der Waals surface area contributed by atoms with Crippen molar-refractivity contribution in [1.29, 1.82) is 0 Å². The number of hydrogen-bond acceptors (Lipinski definition) is 5. The maximum absolute atomic E-state index is 12.5. The topological polar surface area (TPSA) is 84.5 Å². The molecule has 0 bridgehead atoms. The van der Waals surface area contributed by atoms with Crippen LogP contribution in [-0.4, -0.2) is 60.9 Å². The quantitative estimate of drug-likeness (QED) is 0.401. The van der Waals surface area contributed by atoms with Gasteiger partial charge in [-0.2, -0.15) is 0 Å². The van der Waals surface area contributed by atoms with Gasteiger partial charge in [0.1, 0.15) is 12.4 Å². The van der Waals surface area contributed by atoms with Crippen molar-refractivity contribution in [2.75, 3.05) is 13.2 Å². The van der Waals surface area contributed by atoms with Crippen LogP contribution in [0, 0.1) is 0 Å². The summed E-state index contributed by atoms with van der Waals surface area (Å²) in [4.78, 5) is 32.3. The van der Waals surface area contributed by atoms with Crippen molar-refractivity contribution in [3.05, 3.63) is 30.4 Å². The monoisotopic (exact) mass is 407 g/mol. The SMILES string of the molecule is C=CCOC(=O)N1CC(O[Si](C)(C)C(C)(C)C)CC1CCc1ncc(C=O)[nH]1. The lowest BCUT2D eigenvalue weighted by molar-refractivity contribution is 0.102. The number of ether oxygens (including phenoxy) is 1. The molecule has 28 heavy (non-hydrogen) atoms. The van der Waals surface area contributed by atoms with Crippen LogP contribution in [0.5, 0.6) is 0 Å². The molecule has 7 nitrogen and oxygen atoms in total. The zero-order valence-electron chi connectivity index (χ0n) is 17.7. The Morgan fingerprint density at radius 3 is 2.75 bits per heavy atom. The number of H-pyrrole nitrogens is 1. The summed E-state index contributed by atoms with van der Waals surface area (Å²) >= 11 is 0. The summed E-state index contributed by atoms with van der Waals surface area (Å²) in [6.45, 7) is 15.4. The molecule has 2 heterocycles. The molecule has 1 fully saturated rings. The predicted octanol–water partition coefficient (Wildman–Crippen LogP) is 3.94. The second-order valence-corrected chi connectivity index (χ2v) is 13.6. The van der Waals surface area contributed by atoms with E-state index < -0.39 is 8.32 Å². The molecule has 1 amide bonds. The minimum Gasteiger partial charge on any atom is -0.445 e. The van der Waals surface area contributed by atoms with Gasteiger partial charge in [-0.05, 0) is 31.0 Å². The Labute approximate surface area is 168 Å². The molecule has 1 saturated heterocycles. The van der Waals surface area contributed by atoms with Gasteiger partial charge in [0.25, 0.3) is 0 Å². The third-order valence-corrected chi connectivity index (χ3v) is 10.2. The van der Waals surface area contributed by atoms with Gasteiger partial charge in [-0.15, -0.1) is 0 Å². The molecule has 1 aliphatic rings. The van der Waals surface area contributed by atoms with Gasteiger partial charge in [0.15, 0.2) is 14.6 Å². The highest BCUT2D eigenvalue weighted by atomic mass is 28.4. The van der Waals surface area contributed by atoms with E-state index in [1.54, 1.807) is 11.0 Å². The maximum Gasteiger partial charge on any atom is 0.410 e. The van der Waals surface area contributed by atoms with Crippen LogP contribution in [0.3, 0.4) is 0 Å². The highest BCUT2D eigenvalue weighted by Gasteiger charge is 2.43. The van der Waals surface area contributed by atoms with Crippen molar-refractivity contribution in [1.82, 2.24) is 14.9 Å². The van der Waals surface area contributed by atoms with Crippen LogP contribution in [0.4, 0.5) is 4.79 Å². The molecule has 0 saturated carbocycles. The average Bonchev–Trinajstić information content (AvgIpc) is 3.23. The van der Waals surface area contributed by atoms with Crippen molar-refractivity contribution in [2.24, 2.45) is 0 Å². The van der Waals surface area contributed by atoms with Gasteiger partial charge in [0, 0.05) is 19.0 Å². The summed E-state index contributed by atoms with van der Waals surface area (Å²) in [5.41, 5.74) is 0.461. The minimum atomic E-state index is -1.93. The molecule has 1 N–H and O–H groups in total. The number of nitrogens with zero attached hydrogens (tertiary/aromatic N) is 2. The van der Waals surface area contributed by atoms with Gasteiger partial charge >= 0.3 is 6.09 Å². The number of amides is 1. The maximum atomic E-state index is 12.5. The van der Waals surface area contributed by atoms with Gasteiger partial charge in [-0.3, -0.25) is 4.79 Å². The second kappa shape index (κ2) is 9.04. The number of carbonyl (C=O) groups is 2. The number of hydrogen-bond donors (Lipinski definition) is 1. The number of nitrogens with one attached hydrogen (secondary N) is 1. The molecule has 2 unspecified atom stereocenters. The highest BCUT2D eigenvalue weighted by molar-refractivity contribution is 6.74. The number of carbonyl (C=O) groups excluding carboxylic acids is 2. The third kappa shape index (κ3) is 5.54. The van der Waals surface area contributed by atoms with E-state index >= 15 is 0 Å². The van der Waals surface area contributed by atoms with Gasteiger partial charge in [0.2, 0.25) is 0 Å². The van der Waals surface area contributed by atoms with E-state index in [4.69, 9.17) is 9.16 Å². The first-order valence-electron chi connectivity index (χ1n) is 9.78. The molecule has 0 radical (unpaired) electrons. The number of aryl methyl sites for hydroxylation is 1. The van der Waals surface area contributed by atoms with E-state index in [1.165, 1.54) is 6.20 Å². The normalized spacial score (nSPS) is 20.2. The number of aromatic nitrogens is 2. The van der Waals surface area contributed by atoms with E-state index in [1.807, 2.05) is 0 Å². The molecule has 1 aromatic heterocycles. The van der Waals surface area contributed by atoms with Crippen LogP contribution in [0.25, 0.3) is 0 Å². The standard InChI is InChI=1S/C20H33N3O4Si/c1-7-10-26-19(25)23-13-17(27-28(5,6)20(2,3)4)11-16(23)8-9-18-21-12-15(14-24)22-18/h7,12,14,16-17H,1,8-11,13H2,2-6H3,(H,21,22). The Kier molecular flexibility index (Phi) is 7.22. The van der Waals surface area contributed by atoms with Gasteiger partial charge < -0.3 is 19.0 Å². The Morgan fingerprint density at radius 2 is 2.18 bits per heavy atom. The fourth-order valence-corrected chi connectivity index (χ4v) is 4.49. The van der Waals surface area contributed by atoms with E-state index in [2.05, 4.69) is 50.4 Å². The van der Waals surface area contributed by atoms with Crippen LogP contribution in [0.1, 0.15) is 49.9 Å². The number of rotatable bonds is 8. The Bertz CT molecular complexity index is 696. The molecular formula is C20H33N3O4Si. The first kappa shape index (κ1) is 22.4. The smallest absolute Gasteiger partial charge is 0.410 e. The molecule has 0 aliphatic carbocycles. The Balaban J connectivity index is 2.06. The fraction of sp³-hybridized carbons (Fsp3) is 0.650. The van der Waals surface area contributed by atoms with Gasteiger partial charge in [-0.1, -0.05) is 33.4 Å². The molecular weight excluding hydrogens is 374 g/mol. The molecule has 1 aliphatic heterocycles. The molecule has 2 atom stereocenters. The van der Waals surface area contributed by atoms with Crippen molar-refractivity contribution < 1.29 is 18.8 Å². The lowest BCUT2D eigenvalue weighted by atomic mass is 10.1. The molecule has 2 rings (SSSR count). The first-order valence-corrected chi connectivity index (χ1v) is 12.7.